The Morgan fingerprint density at radius 2 is 2.00 bits per heavy atom. The van der Waals surface area contributed by atoms with Gasteiger partial charge in [0.1, 0.15) is 5.69 Å². The smallest absolute Gasteiger partial charge is 0.292 e. The number of carbonyl (C=O) groups is 1. The minimum atomic E-state index is -0.383. The van der Waals surface area contributed by atoms with Crippen LogP contribution in [0, 0.1) is 16.0 Å². The Morgan fingerprint density at radius 3 is 2.60 bits per heavy atom. The molecule has 1 unspecified atom stereocenters. The molecule has 108 valence electrons. The second-order valence-electron chi connectivity index (χ2n) is 5.51. The van der Waals surface area contributed by atoms with E-state index in [2.05, 4.69) is 10.6 Å². The van der Waals surface area contributed by atoms with Crippen molar-refractivity contribution in [3.63, 3.8) is 0 Å². The Balaban J connectivity index is 2.40. The van der Waals surface area contributed by atoms with Crippen LogP contribution in [-0.2, 0) is 11.2 Å². The highest BCUT2D eigenvalue weighted by molar-refractivity contribution is 5.95. The zero-order valence-corrected chi connectivity index (χ0v) is 11.9. The lowest BCUT2D eigenvalue weighted by Crippen LogP contribution is -2.23. The average Bonchev–Trinajstić information content (AvgIpc) is 2.37. The fourth-order valence-electron chi connectivity index (χ4n) is 2.09. The maximum atomic E-state index is 11.4. The molecule has 2 N–H and O–H groups in total. The highest BCUT2D eigenvalue weighted by atomic mass is 16.6. The molecule has 0 saturated heterocycles. The molecule has 1 aromatic rings. The van der Waals surface area contributed by atoms with Gasteiger partial charge in [-0.1, -0.05) is 13.8 Å². The van der Waals surface area contributed by atoms with Crippen molar-refractivity contribution in [1.82, 2.24) is 0 Å². The predicted molar refractivity (Wildman–Crippen MR) is 78.0 cm³/mol. The number of carbonyl (C=O) groups excluding carboxylic acids is 1. The first-order valence-corrected chi connectivity index (χ1v) is 6.76. The van der Waals surface area contributed by atoms with Crippen molar-refractivity contribution in [3.8, 4) is 0 Å². The van der Waals surface area contributed by atoms with Crippen LogP contribution in [0.2, 0.25) is 0 Å². The molecule has 1 amide bonds. The first kappa shape index (κ1) is 14.3. The Bertz CT molecular complexity index is 555. The van der Waals surface area contributed by atoms with E-state index in [4.69, 9.17) is 0 Å². The van der Waals surface area contributed by atoms with E-state index >= 15 is 0 Å². The lowest BCUT2D eigenvalue weighted by molar-refractivity contribution is -0.384. The van der Waals surface area contributed by atoms with Crippen molar-refractivity contribution >= 4 is 23.0 Å². The minimum absolute atomic E-state index is 0.0470. The molecule has 2 rings (SSSR count). The fourth-order valence-corrected chi connectivity index (χ4v) is 2.09. The summed E-state index contributed by atoms with van der Waals surface area (Å²) < 4.78 is 0. The zero-order valence-electron chi connectivity index (χ0n) is 11.9. The Kier molecular flexibility index (Phi) is 3.92. The van der Waals surface area contributed by atoms with Crippen LogP contribution in [0.4, 0.5) is 17.1 Å². The van der Waals surface area contributed by atoms with E-state index in [0.717, 1.165) is 5.56 Å². The fraction of sp³-hybridized carbons (Fsp3) is 0.500. The number of nitro benzene ring substituents is 1. The topological polar surface area (TPSA) is 84.3 Å². The van der Waals surface area contributed by atoms with Crippen LogP contribution in [0.15, 0.2) is 12.1 Å². The summed E-state index contributed by atoms with van der Waals surface area (Å²) in [5.41, 5.74) is 2.01. The highest BCUT2D eigenvalue weighted by Crippen LogP contribution is 2.34. The van der Waals surface area contributed by atoms with E-state index in [1.807, 2.05) is 20.8 Å². The Hall–Kier alpha value is -2.11. The minimum Gasteiger partial charge on any atom is -0.377 e. The molecule has 0 aliphatic carbocycles. The van der Waals surface area contributed by atoms with Crippen molar-refractivity contribution in [2.45, 2.75) is 39.7 Å². The molecule has 6 heteroatoms. The van der Waals surface area contributed by atoms with Gasteiger partial charge >= 0.3 is 0 Å². The average molecular weight is 277 g/mol. The Morgan fingerprint density at radius 1 is 1.30 bits per heavy atom. The van der Waals surface area contributed by atoms with Crippen LogP contribution in [-0.4, -0.2) is 16.9 Å². The summed E-state index contributed by atoms with van der Waals surface area (Å²) in [7, 11) is 0. The third kappa shape index (κ3) is 2.89. The number of rotatable bonds is 4. The largest absolute Gasteiger partial charge is 0.377 e. The molecule has 1 atom stereocenters. The summed E-state index contributed by atoms with van der Waals surface area (Å²) in [5, 5.41) is 17.1. The van der Waals surface area contributed by atoms with E-state index in [0.29, 0.717) is 30.1 Å². The van der Waals surface area contributed by atoms with Crippen LogP contribution in [0.5, 0.6) is 0 Å². The molecule has 1 aliphatic heterocycles. The number of nitrogens with one attached hydrogen (secondary N) is 2. The molecule has 20 heavy (non-hydrogen) atoms. The van der Waals surface area contributed by atoms with Gasteiger partial charge in [-0.25, -0.2) is 0 Å². The number of nitro groups is 1. The van der Waals surface area contributed by atoms with Gasteiger partial charge in [0.15, 0.2) is 0 Å². The number of aryl methyl sites for hydroxylation is 1. The van der Waals surface area contributed by atoms with E-state index < -0.39 is 0 Å². The van der Waals surface area contributed by atoms with Crippen LogP contribution < -0.4 is 10.6 Å². The maximum Gasteiger partial charge on any atom is 0.292 e. The van der Waals surface area contributed by atoms with E-state index in [1.165, 1.54) is 0 Å². The predicted octanol–water partition coefficient (Wildman–Crippen LogP) is 2.94. The molecular formula is C14H19N3O3. The lowest BCUT2D eigenvalue weighted by atomic mass is 10.00. The first-order valence-electron chi connectivity index (χ1n) is 6.76. The van der Waals surface area contributed by atoms with E-state index in [1.54, 1.807) is 12.1 Å². The van der Waals surface area contributed by atoms with Crippen molar-refractivity contribution in [2.24, 2.45) is 5.92 Å². The number of benzene rings is 1. The van der Waals surface area contributed by atoms with Crippen molar-refractivity contribution in [3.05, 3.63) is 27.8 Å². The number of hydrogen-bond donors (Lipinski definition) is 2. The van der Waals surface area contributed by atoms with Gasteiger partial charge in [-0.05, 0) is 30.9 Å². The van der Waals surface area contributed by atoms with Crippen molar-refractivity contribution in [1.29, 1.82) is 0 Å². The second-order valence-corrected chi connectivity index (χ2v) is 5.51. The molecule has 0 saturated carbocycles. The number of fused-ring (bicyclic) bond motifs is 1. The van der Waals surface area contributed by atoms with Gasteiger partial charge in [0.25, 0.3) is 5.69 Å². The number of hydrogen-bond acceptors (Lipinski definition) is 4. The molecule has 0 radical (unpaired) electrons. The molecular weight excluding hydrogens is 258 g/mol. The van der Waals surface area contributed by atoms with Crippen LogP contribution in [0.25, 0.3) is 0 Å². The number of nitrogens with zero attached hydrogens (tertiary/aromatic N) is 1. The van der Waals surface area contributed by atoms with Crippen molar-refractivity contribution < 1.29 is 9.72 Å². The number of anilines is 2. The highest BCUT2D eigenvalue weighted by Gasteiger charge is 2.23. The standard InChI is InChI=1S/C14H19N3O3/c1-8(2)9(3)15-12-7-11-10(4-5-14(18)16-11)6-13(12)17(19)20/h6-9,15H,4-5H2,1-3H3,(H,16,18). The summed E-state index contributed by atoms with van der Waals surface area (Å²) in [6, 6.07) is 3.33. The summed E-state index contributed by atoms with van der Waals surface area (Å²) in [6.45, 7) is 6.07. The number of amides is 1. The molecule has 0 aromatic heterocycles. The molecule has 0 fully saturated rings. The summed E-state index contributed by atoms with van der Waals surface area (Å²) in [6.07, 6.45) is 0.918. The summed E-state index contributed by atoms with van der Waals surface area (Å²) >= 11 is 0. The molecule has 0 bridgehead atoms. The molecule has 1 aromatic carbocycles. The SMILES string of the molecule is CC(C)C(C)Nc1cc2c(cc1[N+](=O)[O-])CCC(=O)N2. The first-order chi connectivity index (χ1) is 9.38. The molecule has 6 nitrogen and oxygen atoms in total. The molecule has 0 spiro atoms. The van der Waals surface area contributed by atoms with E-state index in [-0.39, 0.29) is 22.6 Å². The van der Waals surface area contributed by atoms with Gasteiger partial charge in [-0.3, -0.25) is 14.9 Å². The van der Waals surface area contributed by atoms with Gasteiger partial charge in [0, 0.05) is 24.2 Å². The van der Waals surface area contributed by atoms with Gasteiger partial charge in [0.2, 0.25) is 5.91 Å². The normalized spacial score (nSPS) is 15.5. The van der Waals surface area contributed by atoms with Gasteiger partial charge in [0.05, 0.1) is 4.92 Å². The monoisotopic (exact) mass is 277 g/mol. The van der Waals surface area contributed by atoms with Gasteiger partial charge in [-0.2, -0.15) is 0 Å². The van der Waals surface area contributed by atoms with Crippen LogP contribution >= 0.6 is 0 Å². The summed E-state index contributed by atoms with van der Waals surface area (Å²) in [4.78, 5) is 22.2. The summed E-state index contributed by atoms with van der Waals surface area (Å²) in [5.74, 6) is 0.300. The van der Waals surface area contributed by atoms with Gasteiger partial charge < -0.3 is 10.6 Å². The Labute approximate surface area is 117 Å². The second kappa shape index (κ2) is 5.48. The zero-order chi connectivity index (χ0) is 14.9. The third-order valence-electron chi connectivity index (χ3n) is 3.70. The molecule has 1 heterocycles. The molecule has 1 aliphatic rings. The van der Waals surface area contributed by atoms with E-state index in [9.17, 15) is 14.9 Å². The quantitative estimate of drug-likeness (QED) is 0.654. The maximum absolute atomic E-state index is 11.4. The van der Waals surface area contributed by atoms with Crippen molar-refractivity contribution in [2.75, 3.05) is 10.6 Å². The van der Waals surface area contributed by atoms with Crippen LogP contribution in [0.3, 0.4) is 0 Å². The van der Waals surface area contributed by atoms with Gasteiger partial charge in [-0.15, -0.1) is 0 Å². The van der Waals surface area contributed by atoms with Crippen LogP contribution in [0.1, 0.15) is 32.8 Å². The lowest BCUT2D eigenvalue weighted by Gasteiger charge is -2.22. The third-order valence-corrected chi connectivity index (χ3v) is 3.70.